The topological polar surface area (TPSA) is 63.4 Å². The van der Waals surface area contributed by atoms with Crippen LogP contribution in [0, 0.1) is 19.5 Å². The maximum atomic E-state index is 13.3. The molecule has 1 aromatic rings. The molecule has 0 aromatic heterocycles. The summed E-state index contributed by atoms with van der Waals surface area (Å²) in [5.74, 6) is -0.487. The van der Waals surface area contributed by atoms with E-state index in [0.29, 0.717) is 0 Å². The van der Waals surface area contributed by atoms with Gasteiger partial charge in [0, 0.05) is 11.3 Å². The molecule has 0 fully saturated rings. The minimum Gasteiger partial charge on any atom is -0.395 e. The van der Waals surface area contributed by atoms with Gasteiger partial charge in [-0.3, -0.25) is 10.1 Å². The van der Waals surface area contributed by atoms with E-state index in [9.17, 15) is 14.5 Å². The number of benzene rings is 1. The van der Waals surface area contributed by atoms with Crippen molar-refractivity contribution in [3.8, 4) is 0 Å². The molecule has 0 amide bonds. The highest BCUT2D eigenvalue weighted by Gasteiger charge is 2.19. The lowest BCUT2D eigenvalue weighted by Gasteiger charge is -2.08. The summed E-state index contributed by atoms with van der Waals surface area (Å²) in [6.45, 7) is 1.60. The molecule has 0 aliphatic heterocycles. The molecule has 16 heavy (non-hydrogen) atoms. The Kier molecular flexibility index (Phi) is 4.93. The number of nitro groups is 1. The molecular formula is C9H9FINO3S. The van der Waals surface area contributed by atoms with Gasteiger partial charge in [0.25, 0.3) is 5.69 Å². The minimum absolute atomic E-state index is 0.116. The summed E-state index contributed by atoms with van der Waals surface area (Å²) >= 11 is 2.79. The molecule has 4 nitrogen and oxygen atoms in total. The Morgan fingerprint density at radius 3 is 2.81 bits per heavy atom. The maximum absolute atomic E-state index is 13.3. The molecule has 0 aliphatic carbocycles. The van der Waals surface area contributed by atoms with E-state index in [1.165, 1.54) is 6.07 Å². The number of nitro benzene ring substituents is 1. The predicted molar refractivity (Wildman–Crippen MR) is 68.2 cm³/mol. The molecule has 88 valence electrons. The molecule has 1 rings (SSSR count). The molecule has 0 radical (unpaired) electrons. The van der Waals surface area contributed by atoms with Crippen molar-refractivity contribution in [2.24, 2.45) is 0 Å². The Balaban J connectivity index is 3.14. The third-order valence-corrected chi connectivity index (χ3v) is 3.74. The maximum Gasteiger partial charge on any atom is 0.284 e. The highest BCUT2D eigenvalue weighted by Crippen LogP contribution is 2.34. The van der Waals surface area contributed by atoms with Gasteiger partial charge in [0.05, 0.1) is 20.0 Å². The zero-order valence-corrected chi connectivity index (χ0v) is 11.3. The second-order valence-electron chi connectivity index (χ2n) is 3.10. The van der Waals surface area contributed by atoms with E-state index in [1.54, 1.807) is 29.5 Å². The first-order valence-corrected chi connectivity index (χ1v) is 6.32. The lowest BCUT2D eigenvalue weighted by molar-refractivity contribution is -0.387. The molecule has 0 aliphatic rings. The van der Waals surface area contributed by atoms with Crippen LogP contribution < -0.4 is 0 Å². The van der Waals surface area contributed by atoms with Gasteiger partial charge in [-0.25, -0.2) is 4.39 Å². The van der Waals surface area contributed by atoms with Gasteiger partial charge in [-0.2, -0.15) is 0 Å². The summed E-state index contributed by atoms with van der Waals surface area (Å²) in [5.41, 5.74) is -0.129. The lowest BCUT2D eigenvalue weighted by atomic mass is 10.3. The minimum atomic E-state index is -0.548. The van der Waals surface area contributed by atoms with E-state index in [1.807, 2.05) is 0 Å². The first-order chi connectivity index (χ1) is 7.45. The van der Waals surface area contributed by atoms with E-state index in [-0.39, 0.29) is 26.0 Å². The predicted octanol–water partition coefficient (Wildman–Crippen LogP) is 2.81. The molecular weight excluding hydrogens is 348 g/mol. The Bertz CT molecular complexity index is 416. The summed E-state index contributed by atoms with van der Waals surface area (Å²) in [4.78, 5) is 10.5. The average Bonchev–Trinajstić information content (AvgIpc) is 2.22. The second-order valence-corrected chi connectivity index (χ2v) is 5.74. The van der Waals surface area contributed by atoms with Gasteiger partial charge in [-0.15, -0.1) is 11.8 Å². The molecule has 0 heterocycles. The van der Waals surface area contributed by atoms with Crippen molar-refractivity contribution in [3.63, 3.8) is 0 Å². The first-order valence-electron chi connectivity index (χ1n) is 4.36. The quantitative estimate of drug-likeness (QED) is 0.390. The van der Waals surface area contributed by atoms with Gasteiger partial charge < -0.3 is 5.11 Å². The van der Waals surface area contributed by atoms with E-state index in [2.05, 4.69) is 0 Å². The summed E-state index contributed by atoms with van der Waals surface area (Å²) < 4.78 is 13.5. The monoisotopic (exact) mass is 357 g/mol. The summed E-state index contributed by atoms with van der Waals surface area (Å²) in [6, 6.07) is 2.33. The van der Waals surface area contributed by atoms with E-state index >= 15 is 0 Å². The van der Waals surface area contributed by atoms with Gasteiger partial charge in [-0.1, -0.05) is 6.92 Å². The Hall–Kier alpha value is -0.410. The third kappa shape index (κ3) is 3.29. The number of hydrogen-bond donors (Lipinski definition) is 1. The number of halogens is 2. The van der Waals surface area contributed by atoms with Crippen molar-refractivity contribution in [2.45, 2.75) is 17.1 Å². The van der Waals surface area contributed by atoms with Gasteiger partial charge >= 0.3 is 0 Å². The largest absolute Gasteiger partial charge is 0.395 e. The highest BCUT2D eigenvalue weighted by atomic mass is 127. The van der Waals surface area contributed by atoms with Crippen LogP contribution in [-0.2, 0) is 0 Å². The molecule has 1 unspecified atom stereocenters. The number of rotatable bonds is 4. The fourth-order valence-corrected chi connectivity index (χ4v) is 2.39. The molecule has 0 bridgehead atoms. The average molecular weight is 357 g/mol. The van der Waals surface area contributed by atoms with Gasteiger partial charge in [-0.05, 0) is 28.7 Å². The number of aliphatic hydroxyl groups excluding tert-OH is 1. The van der Waals surface area contributed by atoms with Crippen molar-refractivity contribution in [2.75, 3.05) is 6.61 Å². The first kappa shape index (κ1) is 13.7. The molecule has 1 atom stereocenters. The van der Waals surface area contributed by atoms with Crippen LogP contribution in [-0.4, -0.2) is 21.9 Å². The van der Waals surface area contributed by atoms with Crippen LogP contribution in [0.3, 0.4) is 0 Å². The summed E-state index contributed by atoms with van der Waals surface area (Å²) in [6.07, 6.45) is 0. The molecule has 7 heteroatoms. The van der Waals surface area contributed by atoms with Gasteiger partial charge in [0.2, 0.25) is 0 Å². The van der Waals surface area contributed by atoms with E-state index < -0.39 is 10.7 Å². The Morgan fingerprint density at radius 2 is 2.31 bits per heavy atom. The standard InChI is InChI=1S/C9H9FINO3S/c1-5(4-13)16-9-2-6(10)7(11)3-8(9)12(14)15/h2-3,5,13H,4H2,1H3. The van der Waals surface area contributed by atoms with Crippen LogP contribution in [0.15, 0.2) is 17.0 Å². The summed E-state index contributed by atoms with van der Waals surface area (Å²) in [5, 5.41) is 19.4. The van der Waals surface area contributed by atoms with Gasteiger partial charge in [0.1, 0.15) is 5.82 Å². The number of hydrogen-bond acceptors (Lipinski definition) is 4. The van der Waals surface area contributed by atoms with Crippen LogP contribution in [0.4, 0.5) is 10.1 Å². The second kappa shape index (κ2) is 5.78. The van der Waals surface area contributed by atoms with Gasteiger partial charge in [0.15, 0.2) is 0 Å². The zero-order valence-electron chi connectivity index (χ0n) is 8.31. The molecule has 0 spiro atoms. The van der Waals surface area contributed by atoms with Crippen molar-refractivity contribution >= 4 is 40.0 Å². The van der Waals surface area contributed by atoms with Crippen LogP contribution >= 0.6 is 34.4 Å². The molecule has 0 saturated heterocycles. The number of thioether (sulfide) groups is 1. The Morgan fingerprint density at radius 1 is 1.69 bits per heavy atom. The lowest BCUT2D eigenvalue weighted by Crippen LogP contribution is -2.03. The molecule has 0 saturated carbocycles. The van der Waals surface area contributed by atoms with Crippen molar-refractivity contribution in [1.82, 2.24) is 0 Å². The smallest absolute Gasteiger partial charge is 0.284 e. The van der Waals surface area contributed by atoms with Crippen LogP contribution in [0.5, 0.6) is 0 Å². The van der Waals surface area contributed by atoms with Crippen molar-refractivity contribution in [3.05, 3.63) is 31.6 Å². The number of aliphatic hydroxyl groups is 1. The molecule has 1 N–H and O–H groups in total. The fraction of sp³-hybridized carbons (Fsp3) is 0.333. The van der Waals surface area contributed by atoms with Crippen LogP contribution in [0.1, 0.15) is 6.92 Å². The summed E-state index contributed by atoms with van der Waals surface area (Å²) in [7, 11) is 0. The zero-order chi connectivity index (χ0) is 12.3. The van der Waals surface area contributed by atoms with Crippen molar-refractivity contribution < 1.29 is 14.4 Å². The van der Waals surface area contributed by atoms with Crippen molar-refractivity contribution in [1.29, 1.82) is 0 Å². The highest BCUT2D eigenvalue weighted by molar-refractivity contribution is 14.1. The normalized spacial score (nSPS) is 12.5. The van der Waals surface area contributed by atoms with E-state index in [0.717, 1.165) is 17.8 Å². The Labute approximate surface area is 110 Å². The fourth-order valence-electron chi connectivity index (χ4n) is 1.01. The number of nitrogens with zero attached hydrogens (tertiary/aromatic N) is 1. The van der Waals surface area contributed by atoms with Crippen LogP contribution in [0.25, 0.3) is 0 Å². The van der Waals surface area contributed by atoms with E-state index in [4.69, 9.17) is 5.11 Å². The third-order valence-electron chi connectivity index (χ3n) is 1.78. The molecule has 1 aromatic carbocycles. The SMILES string of the molecule is CC(CO)Sc1cc(F)c(I)cc1[N+](=O)[O-]. The van der Waals surface area contributed by atoms with Crippen LogP contribution in [0.2, 0.25) is 0 Å².